The number of hydrogen-bond donors (Lipinski definition) is 2. The third-order valence-electron chi connectivity index (χ3n) is 5.17. The SMILES string of the molecule is CC1CCC(NC(=O)c2cn(C3CCNCC3)nn2)C(C)C1.Cl. The molecule has 3 atom stereocenters. The molecule has 1 saturated carbocycles. The number of rotatable bonds is 3. The van der Waals surface area contributed by atoms with Gasteiger partial charge in [-0.2, -0.15) is 0 Å². The molecule has 1 aromatic rings. The van der Waals surface area contributed by atoms with Crippen LogP contribution in [0.25, 0.3) is 0 Å². The molecule has 1 aliphatic heterocycles. The van der Waals surface area contributed by atoms with E-state index in [0.717, 1.165) is 38.3 Å². The van der Waals surface area contributed by atoms with Crippen molar-refractivity contribution in [3.63, 3.8) is 0 Å². The Hall–Kier alpha value is -1.14. The van der Waals surface area contributed by atoms with Gasteiger partial charge in [-0.3, -0.25) is 4.79 Å². The summed E-state index contributed by atoms with van der Waals surface area (Å²) < 4.78 is 1.86. The largest absolute Gasteiger partial charge is 0.348 e. The highest BCUT2D eigenvalue weighted by atomic mass is 35.5. The monoisotopic (exact) mass is 341 g/mol. The number of carbonyl (C=O) groups excluding carboxylic acids is 1. The first-order valence-electron chi connectivity index (χ1n) is 8.57. The van der Waals surface area contributed by atoms with E-state index in [0.29, 0.717) is 17.7 Å². The van der Waals surface area contributed by atoms with Crippen molar-refractivity contribution in [3.05, 3.63) is 11.9 Å². The highest BCUT2D eigenvalue weighted by Crippen LogP contribution is 2.28. The minimum atomic E-state index is -0.0772. The molecule has 7 heteroatoms. The molecule has 130 valence electrons. The van der Waals surface area contributed by atoms with Crippen LogP contribution in [0.1, 0.15) is 62.5 Å². The molecule has 0 spiro atoms. The maximum Gasteiger partial charge on any atom is 0.273 e. The minimum absolute atomic E-state index is 0. The molecule has 2 N–H and O–H groups in total. The zero-order valence-electron chi connectivity index (χ0n) is 14.0. The molecule has 1 amide bonds. The highest BCUT2D eigenvalue weighted by Gasteiger charge is 2.27. The molecule has 0 radical (unpaired) electrons. The fraction of sp³-hybridized carbons (Fsp3) is 0.812. The standard InChI is InChI=1S/C16H27N5O.ClH/c1-11-3-4-14(12(2)9-11)18-16(22)15-10-21(20-19-15)13-5-7-17-8-6-13;/h10-14,17H,3-9H2,1-2H3,(H,18,22);1H. The zero-order chi connectivity index (χ0) is 15.5. The van der Waals surface area contributed by atoms with E-state index in [4.69, 9.17) is 0 Å². The predicted octanol–water partition coefficient (Wildman–Crippen LogP) is 2.18. The maximum absolute atomic E-state index is 12.4. The van der Waals surface area contributed by atoms with Crippen molar-refractivity contribution < 1.29 is 4.79 Å². The molecule has 2 heterocycles. The van der Waals surface area contributed by atoms with Crippen molar-refractivity contribution in [1.29, 1.82) is 0 Å². The van der Waals surface area contributed by atoms with Gasteiger partial charge in [-0.25, -0.2) is 4.68 Å². The van der Waals surface area contributed by atoms with Gasteiger partial charge in [-0.1, -0.05) is 19.1 Å². The summed E-state index contributed by atoms with van der Waals surface area (Å²) in [5.41, 5.74) is 0.448. The molecule has 2 fully saturated rings. The quantitative estimate of drug-likeness (QED) is 0.884. The Balaban J connectivity index is 0.00000192. The molecule has 6 nitrogen and oxygen atoms in total. The smallest absolute Gasteiger partial charge is 0.273 e. The topological polar surface area (TPSA) is 71.8 Å². The summed E-state index contributed by atoms with van der Waals surface area (Å²) in [6.07, 6.45) is 7.34. The number of hydrogen-bond acceptors (Lipinski definition) is 4. The van der Waals surface area contributed by atoms with Crippen molar-refractivity contribution in [1.82, 2.24) is 25.6 Å². The lowest BCUT2D eigenvalue weighted by atomic mass is 9.80. The van der Waals surface area contributed by atoms with E-state index in [1.54, 1.807) is 6.20 Å². The Morgan fingerprint density at radius 1 is 1.26 bits per heavy atom. The first kappa shape index (κ1) is 18.2. The molecule has 23 heavy (non-hydrogen) atoms. The Morgan fingerprint density at radius 3 is 2.70 bits per heavy atom. The second-order valence-corrected chi connectivity index (χ2v) is 7.04. The molecule has 0 bridgehead atoms. The van der Waals surface area contributed by atoms with E-state index < -0.39 is 0 Å². The Morgan fingerprint density at radius 2 is 2.00 bits per heavy atom. The summed E-state index contributed by atoms with van der Waals surface area (Å²) in [5, 5.41) is 14.7. The molecule has 1 aromatic heterocycles. The van der Waals surface area contributed by atoms with Crippen molar-refractivity contribution >= 4 is 18.3 Å². The highest BCUT2D eigenvalue weighted by molar-refractivity contribution is 5.92. The van der Waals surface area contributed by atoms with Gasteiger partial charge in [-0.15, -0.1) is 17.5 Å². The van der Waals surface area contributed by atoms with Gasteiger partial charge in [0.15, 0.2) is 5.69 Å². The van der Waals surface area contributed by atoms with Gasteiger partial charge < -0.3 is 10.6 Å². The summed E-state index contributed by atoms with van der Waals surface area (Å²) >= 11 is 0. The molecule has 3 unspecified atom stereocenters. The van der Waals surface area contributed by atoms with Gasteiger partial charge >= 0.3 is 0 Å². The molecular formula is C16H28ClN5O. The zero-order valence-corrected chi connectivity index (χ0v) is 14.8. The van der Waals surface area contributed by atoms with E-state index in [-0.39, 0.29) is 24.4 Å². The van der Waals surface area contributed by atoms with Crippen LogP contribution in [0.5, 0.6) is 0 Å². The lowest BCUT2D eigenvalue weighted by Gasteiger charge is -2.32. The van der Waals surface area contributed by atoms with Gasteiger partial charge in [-0.05, 0) is 57.0 Å². The summed E-state index contributed by atoms with van der Waals surface area (Å²) in [6.45, 7) is 6.53. The van der Waals surface area contributed by atoms with E-state index in [1.807, 2.05) is 4.68 Å². The van der Waals surface area contributed by atoms with Crippen LogP contribution < -0.4 is 10.6 Å². The molecule has 1 aliphatic carbocycles. The first-order chi connectivity index (χ1) is 10.6. The van der Waals surface area contributed by atoms with Crippen molar-refractivity contribution in [2.75, 3.05) is 13.1 Å². The predicted molar refractivity (Wildman–Crippen MR) is 91.8 cm³/mol. The number of piperidine rings is 1. The van der Waals surface area contributed by atoms with Crippen LogP contribution in [-0.2, 0) is 0 Å². The van der Waals surface area contributed by atoms with E-state index in [1.165, 1.54) is 12.8 Å². The van der Waals surface area contributed by atoms with Crippen LogP contribution in [0.2, 0.25) is 0 Å². The lowest BCUT2D eigenvalue weighted by Crippen LogP contribution is -2.42. The van der Waals surface area contributed by atoms with Crippen LogP contribution >= 0.6 is 12.4 Å². The number of carbonyl (C=O) groups is 1. The Bertz CT molecular complexity index is 514. The normalized spacial score (nSPS) is 28.9. The van der Waals surface area contributed by atoms with Gasteiger partial charge in [0.05, 0.1) is 12.2 Å². The van der Waals surface area contributed by atoms with Crippen molar-refractivity contribution in [2.45, 2.75) is 58.0 Å². The summed E-state index contributed by atoms with van der Waals surface area (Å²) in [5.74, 6) is 1.22. The number of amides is 1. The summed E-state index contributed by atoms with van der Waals surface area (Å²) in [6, 6.07) is 0.637. The molecular weight excluding hydrogens is 314 g/mol. The Kier molecular flexibility index (Phi) is 6.41. The average Bonchev–Trinajstić information content (AvgIpc) is 3.01. The van der Waals surface area contributed by atoms with E-state index in [9.17, 15) is 4.79 Å². The van der Waals surface area contributed by atoms with Crippen LogP contribution in [0.15, 0.2) is 6.20 Å². The van der Waals surface area contributed by atoms with Gasteiger partial charge in [0.25, 0.3) is 5.91 Å². The minimum Gasteiger partial charge on any atom is -0.348 e. The first-order valence-corrected chi connectivity index (χ1v) is 8.57. The van der Waals surface area contributed by atoms with Crippen LogP contribution in [-0.4, -0.2) is 40.0 Å². The van der Waals surface area contributed by atoms with E-state index >= 15 is 0 Å². The molecule has 3 rings (SSSR count). The molecule has 2 aliphatic rings. The van der Waals surface area contributed by atoms with E-state index in [2.05, 4.69) is 34.8 Å². The fourth-order valence-electron chi connectivity index (χ4n) is 3.75. The third-order valence-corrected chi connectivity index (χ3v) is 5.17. The average molecular weight is 342 g/mol. The number of aromatic nitrogens is 3. The second kappa shape index (κ2) is 8.11. The van der Waals surface area contributed by atoms with Gasteiger partial charge in [0, 0.05) is 6.04 Å². The van der Waals surface area contributed by atoms with Crippen LogP contribution in [0.3, 0.4) is 0 Å². The maximum atomic E-state index is 12.4. The third kappa shape index (κ3) is 4.44. The summed E-state index contributed by atoms with van der Waals surface area (Å²) in [4.78, 5) is 12.4. The number of nitrogens with zero attached hydrogens (tertiary/aromatic N) is 3. The van der Waals surface area contributed by atoms with Crippen LogP contribution in [0.4, 0.5) is 0 Å². The van der Waals surface area contributed by atoms with Crippen molar-refractivity contribution in [2.24, 2.45) is 11.8 Å². The lowest BCUT2D eigenvalue weighted by molar-refractivity contribution is 0.0894. The van der Waals surface area contributed by atoms with Gasteiger partial charge in [0.1, 0.15) is 0 Å². The molecule has 1 saturated heterocycles. The number of halogens is 1. The van der Waals surface area contributed by atoms with Crippen LogP contribution in [0, 0.1) is 11.8 Å². The molecule has 0 aromatic carbocycles. The van der Waals surface area contributed by atoms with Crippen molar-refractivity contribution in [3.8, 4) is 0 Å². The fourth-order valence-corrected chi connectivity index (χ4v) is 3.75. The Labute approximate surface area is 144 Å². The second-order valence-electron chi connectivity index (χ2n) is 7.04. The summed E-state index contributed by atoms with van der Waals surface area (Å²) in [7, 11) is 0. The van der Waals surface area contributed by atoms with Gasteiger partial charge in [0.2, 0.25) is 0 Å². The number of nitrogens with one attached hydrogen (secondary N) is 2.